The molecule has 0 atom stereocenters. The number of rotatable bonds is 8. The molecular weight excluding hydrogens is 411 g/mol. The lowest BCUT2D eigenvalue weighted by Gasteiger charge is -2.34. The van der Waals surface area contributed by atoms with Gasteiger partial charge in [0.1, 0.15) is 13.2 Å². The van der Waals surface area contributed by atoms with Gasteiger partial charge in [0.15, 0.2) is 0 Å². The zero-order valence-electron chi connectivity index (χ0n) is 15.3. The molecule has 3 rings (SSSR count). The van der Waals surface area contributed by atoms with Crippen molar-refractivity contribution in [3.63, 3.8) is 0 Å². The van der Waals surface area contributed by atoms with E-state index in [-0.39, 0.29) is 36.3 Å². The summed E-state index contributed by atoms with van der Waals surface area (Å²) in [5.74, 6) is -0.433. The first-order valence-corrected chi connectivity index (χ1v) is 8.58. The van der Waals surface area contributed by atoms with Crippen LogP contribution in [-0.4, -0.2) is 74.2 Å². The van der Waals surface area contributed by atoms with E-state index in [1.807, 2.05) is 0 Å². The van der Waals surface area contributed by atoms with Crippen molar-refractivity contribution in [1.29, 1.82) is 0 Å². The number of carbonyl (C=O) groups excluding carboxylic acids is 2. The Balaban J connectivity index is 0.00000196. The van der Waals surface area contributed by atoms with Gasteiger partial charge in [0, 0.05) is 39.3 Å². The van der Waals surface area contributed by atoms with Gasteiger partial charge in [0.05, 0.1) is 12.5 Å². The van der Waals surface area contributed by atoms with Crippen molar-refractivity contribution < 1.29 is 27.9 Å². The van der Waals surface area contributed by atoms with Crippen molar-refractivity contribution in [2.75, 3.05) is 52.5 Å². The fraction of sp³-hybridized carbons (Fsp3) is 0.444. The minimum Gasteiger partial charge on any atom is -0.458 e. The Morgan fingerprint density at radius 1 is 0.786 bits per heavy atom. The summed E-state index contributed by atoms with van der Waals surface area (Å²) in [6, 6.07) is 6.48. The van der Waals surface area contributed by atoms with E-state index in [1.54, 1.807) is 24.3 Å². The molecule has 1 aliphatic heterocycles. The summed E-state index contributed by atoms with van der Waals surface area (Å²) in [5, 5.41) is 0. The topological polar surface area (TPSA) is 85.4 Å². The monoisotopic (exact) mass is 434 g/mol. The third-order valence-corrected chi connectivity index (χ3v) is 4.19. The van der Waals surface area contributed by atoms with Crippen LogP contribution in [0.15, 0.2) is 45.6 Å². The highest BCUT2D eigenvalue weighted by molar-refractivity contribution is 5.86. The molecule has 0 aromatic carbocycles. The molecule has 0 amide bonds. The van der Waals surface area contributed by atoms with Gasteiger partial charge in [-0.05, 0) is 24.3 Å². The summed E-state index contributed by atoms with van der Waals surface area (Å²) in [6.07, 6.45) is 2.89. The number of ether oxygens (including phenoxy) is 2. The molecule has 2 aromatic heterocycles. The van der Waals surface area contributed by atoms with Gasteiger partial charge >= 0.3 is 11.9 Å². The lowest BCUT2D eigenvalue weighted by molar-refractivity contribution is 0.0322. The van der Waals surface area contributed by atoms with Crippen molar-refractivity contribution in [2.45, 2.75) is 0 Å². The SMILES string of the molecule is Cl.Cl.O=C(OCCN1CCN(CCOC(=O)c2ccco2)CC1)c1ccco1. The molecule has 0 saturated carbocycles. The summed E-state index contributed by atoms with van der Waals surface area (Å²) in [4.78, 5) is 27.8. The number of esters is 2. The van der Waals surface area contributed by atoms with Gasteiger partial charge in [0.2, 0.25) is 11.5 Å². The van der Waals surface area contributed by atoms with E-state index in [2.05, 4.69) is 9.80 Å². The highest BCUT2D eigenvalue weighted by atomic mass is 35.5. The summed E-state index contributed by atoms with van der Waals surface area (Å²) in [6.45, 7) is 5.56. The minimum atomic E-state index is -0.438. The predicted molar refractivity (Wildman–Crippen MR) is 105 cm³/mol. The molecule has 1 saturated heterocycles. The summed E-state index contributed by atoms with van der Waals surface area (Å²) in [7, 11) is 0. The van der Waals surface area contributed by atoms with Crippen LogP contribution in [0.25, 0.3) is 0 Å². The van der Waals surface area contributed by atoms with Crippen LogP contribution in [-0.2, 0) is 9.47 Å². The number of nitrogens with zero attached hydrogens (tertiary/aromatic N) is 2. The molecule has 156 valence electrons. The number of furan rings is 2. The molecular formula is C18H24Cl2N2O6. The van der Waals surface area contributed by atoms with Gasteiger partial charge in [-0.15, -0.1) is 24.8 Å². The molecule has 1 fully saturated rings. The molecule has 0 bridgehead atoms. The van der Waals surface area contributed by atoms with Gasteiger partial charge in [-0.25, -0.2) is 9.59 Å². The van der Waals surface area contributed by atoms with Crippen LogP contribution in [0.2, 0.25) is 0 Å². The maximum atomic E-state index is 11.7. The van der Waals surface area contributed by atoms with E-state index >= 15 is 0 Å². The van der Waals surface area contributed by atoms with E-state index in [0.717, 1.165) is 26.2 Å². The van der Waals surface area contributed by atoms with E-state index in [1.165, 1.54) is 12.5 Å². The lowest BCUT2D eigenvalue weighted by Crippen LogP contribution is -2.48. The number of hydrogen-bond acceptors (Lipinski definition) is 8. The van der Waals surface area contributed by atoms with Gasteiger partial charge in [-0.2, -0.15) is 0 Å². The Bertz CT molecular complexity index is 625. The second kappa shape index (κ2) is 12.5. The van der Waals surface area contributed by atoms with Crippen molar-refractivity contribution in [3.05, 3.63) is 48.3 Å². The fourth-order valence-electron chi connectivity index (χ4n) is 2.70. The lowest BCUT2D eigenvalue weighted by atomic mass is 10.3. The van der Waals surface area contributed by atoms with Crippen molar-refractivity contribution in [3.8, 4) is 0 Å². The molecule has 10 heteroatoms. The first-order chi connectivity index (χ1) is 12.7. The summed E-state index contributed by atoms with van der Waals surface area (Å²) >= 11 is 0. The molecule has 0 unspecified atom stereocenters. The third kappa shape index (κ3) is 7.20. The van der Waals surface area contributed by atoms with E-state index in [9.17, 15) is 9.59 Å². The standard InChI is InChI=1S/C18H22N2O6.2ClH/c21-17(15-3-1-11-23-15)25-13-9-19-5-7-20(8-6-19)10-14-26-18(22)16-4-2-12-24-16;;/h1-4,11-12H,5-10,13-14H2;2*1H. The smallest absolute Gasteiger partial charge is 0.374 e. The number of hydrogen-bond donors (Lipinski definition) is 0. The van der Waals surface area contributed by atoms with Crippen LogP contribution in [0, 0.1) is 0 Å². The van der Waals surface area contributed by atoms with Gasteiger partial charge in [-0.3, -0.25) is 9.80 Å². The van der Waals surface area contributed by atoms with E-state index < -0.39 is 11.9 Å². The Morgan fingerprint density at radius 2 is 1.18 bits per heavy atom. The number of halogens is 2. The highest BCUT2D eigenvalue weighted by Gasteiger charge is 2.18. The zero-order valence-corrected chi connectivity index (χ0v) is 16.9. The maximum Gasteiger partial charge on any atom is 0.374 e. The van der Waals surface area contributed by atoms with Crippen molar-refractivity contribution in [1.82, 2.24) is 9.80 Å². The average Bonchev–Trinajstić information content (AvgIpc) is 3.37. The van der Waals surface area contributed by atoms with Crippen LogP contribution in [0.1, 0.15) is 21.1 Å². The first-order valence-electron chi connectivity index (χ1n) is 8.58. The Labute approximate surface area is 175 Å². The maximum absolute atomic E-state index is 11.7. The van der Waals surface area contributed by atoms with Gasteiger partial charge in [0.25, 0.3) is 0 Å². The van der Waals surface area contributed by atoms with E-state index in [4.69, 9.17) is 18.3 Å². The molecule has 1 aliphatic rings. The second-order valence-corrected chi connectivity index (χ2v) is 5.91. The predicted octanol–water partition coefficient (Wildman–Crippen LogP) is 2.35. The Kier molecular flexibility index (Phi) is 10.7. The van der Waals surface area contributed by atoms with Gasteiger partial charge < -0.3 is 18.3 Å². The quantitative estimate of drug-likeness (QED) is 0.585. The Hall–Kier alpha value is -2.00. The minimum absolute atomic E-state index is 0. The Morgan fingerprint density at radius 3 is 1.50 bits per heavy atom. The first kappa shape index (κ1) is 24.0. The average molecular weight is 435 g/mol. The van der Waals surface area contributed by atoms with Gasteiger partial charge in [-0.1, -0.05) is 0 Å². The van der Waals surface area contributed by atoms with Crippen LogP contribution in [0.5, 0.6) is 0 Å². The van der Waals surface area contributed by atoms with E-state index in [0.29, 0.717) is 26.3 Å². The van der Waals surface area contributed by atoms with Crippen LogP contribution < -0.4 is 0 Å². The molecule has 0 aliphatic carbocycles. The largest absolute Gasteiger partial charge is 0.458 e. The highest BCUT2D eigenvalue weighted by Crippen LogP contribution is 2.05. The molecule has 2 aromatic rings. The molecule has 28 heavy (non-hydrogen) atoms. The summed E-state index contributed by atoms with van der Waals surface area (Å²) < 4.78 is 20.4. The third-order valence-electron chi connectivity index (χ3n) is 4.19. The molecule has 8 nitrogen and oxygen atoms in total. The fourth-order valence-corrected chi connectivity index (χ4v) is 2.70. The molecule has 0 N–H and O–H groups in total. The summed E-state index contributed by atoms with van der Waals surface area (Å²) in [5.41, 5.74) is 0. The van der Waals surface area contributed by atoms with Crippen LogP contribution in [0.3, 0.4) is 0 Å². The second-order valence-electron chi connectivity index (χ2n) is 5.91. The zero-order chi connectivity index (χ0) is 18.2. The normalized spacial score (nSPS) is 14.6. The van der Waals surface area contributed by atoms with Crippen molar-refractivity contribution >= 4 is 36.8 Å². The number of carbonyl (C=O) groups is 2. The molecule has 3 heterocycles. The van der Waals surface area contributed by atoms with Crippen LogP contribution >= 0.6 is 24.8 Å². The van der Waals surface area contributed by atoms with Crippen LogP contribution in [0.4, 0.5) is 0 Å². The number of piperazine rings is 1. The molecule has 0 radical (unpaired) electrons. The van der Waals surface area contributed by atoms with Crippen molar-refractivity contribution in [2.24, 2.45) is 0 Å². The molecule has 0 spiro atoms.